The molecule has 136 valence electrons. The number of H-pyrrole nitrogens is 1. The van der Waals surface area contributed by atoms with E-state index >= 15 is 0 Å². The van der Waals surface area contributed by atoms with Crippen molar-refractivity contribution < 1.29 is 4.92 Å². The topological polar surface area (TPSA) is 102 Å². The highest BCUT2D eigenvalue weighted by molar-refractivity contribution is 5.84. The average Bonchev–Trinajstić information content (AvgIpc) is 3.30. The van der Waals surface area contributed by atoms with Crippen molar-refractivity contribution in [2.24, 2.45) is 0 Å². The molecule has 0 amide bonds. The lowest BCUT2D eigenvalue weighted by molar-refractivity contribution is -0.384. The number of aromatic nitrogens is 4. The lowest BCUT2D eigenvalue weighted by atomic mass is 10.2. The molecule has 0 spiro atoms. The minimum Gasteiger partial charge on any atom is -0.361 e. The minimum absolute atomic E-state index is 0.0841. The first-order valence-electron chi connectivity index (χ1n) is 8.56. The van der Waals surface area contributed by atoms with Crippen molar-refractivity contribution in [2.45, 2.75) is 19.8 Å². The number of anilines is 2. The van der Waals surface area contributed by atoms with Crippen LogP contribution >= 0.6 is 0 Å². The molecule has 0 aliphatic carbocycles. The molecular formula is C19H18N6O2. The van der Waals surface area contributed by atoms with E-state index in [0.29, 0.717) is 5.82 Å². The van der Waals surface area contributed by atoms with Crippen LogP contribution in [0.1, 0.15) is 25.6 Å². The fraction of sp³-hybridized carbons (Fsp3) is 0.158. The van der Waals surface area contributed by atoms with Crippen LogP contribution in [0.2, 0.25) is 0 Å². The average molecular weight is 362 g/mol. The van der Waals surface area contributed by atoms with Crippen LogP contribution < -0.4 is 5.32 Å². The van der Waals surface area contributed by atoms with Gasteiger partial charge in [0.15, 0.2) is 0 Å². The van der Waals surface area contributed by atoms with Crippen LogP contribution in [-0.2, 0) is 0 Å². The maximum absolute atomic E-state index is 11.5. The van der Waals surface area contributed by atoms with Gasteiger partial charge in [0, 0.05) is 47.2 Å². The summed E-state index contributed by atoms with van der Waals surface area (Å²) in [7, 11) is 0. The van der Waals surface area contributed by atoms with Crippen LogP contribution in [0.25, 0.3) is 16.7 Å². The molecule has 0 saturated heterocycles. The van der Waals surface area contributed by atoms with Crippen LogP contribution in [0.3, 0.4) is 0 Å². The van der Waals surface area contributed by atoms with Crippen molar-refractivity contribution in [3.8, 4) is 5.82 Å². The molecule has 0 aliphatic heterocycles. The van der Waals surface area contributed by atoms with E-state index in [9.17, 15) is 10.1 Å². The molecule has 1 aromatic carbocycles. The van der Waals surface area contributed by atoms with E-state index in [4.69, 9.17) is 0 Å². The van der Waals surface area contributed by atoms with Gasteiger partial charge in [0.2, 0.25) is 5.82 Å². The van der Waals surface area contributed by atoms with Gasteiger partial charge < -0.3 is 10.3 Å². The summed E-state index contributed by atoms with van der Waals surface area (Å²) in [6, 6.07) is 10.7. The molecule has 0 unspecified atom stereocenters. The van der Waals surface area contributed by atoms with E-state index in [-0.39, 0.29) is 17.4 Å². The number of nitro groups is 1. The Balaban J connectivity index is 1.77. The summed E-state index contributed by atoms with van der Waals surface area (Å²) in [5.41, 5.74) is 1.64. The van der Waals surface area contributed by atoms with Crippen molar-refractivity contribution in [3.63, 3.8) is 0 Å². The van der Waals surface area contributed by atoms with E-state index in [1.54, 1.807) is 18.5 Å². The van der Waals surface area contributed by atoms with Gasteiger partial charge in [-0.3, -0.25) is 14.7 Å². The molecule has 0 aliphatic rings. The summed E-state index contributed by atoms with van der Waals surface area (Å²) >= 11 is 0. The molecule has 4 aromatic rings. The fourth-order valence-corrected chi connectivity index (χ4v) is 3.02. The standard InChI is InChI=1S/C19H18N6O2/c1-12(2)19-21-9-10-24(19)17-6-5-16(25(26)27)18(23-17)22-14-3-4-15-13(11-14)7-8-20-15/h3-12,20H,1-2H3,(H,22,23). The molecule has 27 heavy (non-hydrogen) atoms. The number of hydrogen-bond acceptors (Lipinski definition) is 5. The second-order valence-electron chi connectivity index (χ2n) is 6.51. The largest absolute Gasteiger partial charge is 0.361 e. The number of hydrogen-bond donors (Lipinski definition) is 2. The van der Waals surface area contributed by atoms with Crippen LogP contribution in [0, 0.1) is 10.1 Å². The Labute approximate surface area is 155 Å². The maximum Gasteiger partial charge on any atom is 0.311 e. The van der Waals surface area contributed by atoms with E-state index in [0.717, 1.165) is 22.4 Å². The SMILES string of the molecule is CC(C)c1nccn1-c1ccc([N+](=O)[O-])c(Nc2ccc3[nH]ccc3c2)n1. The Hall–Kier alpha value is -3.68. The van der Waals surface area contributed by atoms with Gasteiger partial charge >= 0.3 is 5.69 Å². The predicted molar refractivity (Wildman–Crippen MR) is 104 cm³/mol. The van der Waals surface area contributed by atoms with Gasteiger partial charge in [0.05, 0.1) is 4.92 Å². The van der Waals surface area contributed by atoms with Crippen molar-refractivity contribution in [2.75, 3.05) is 5.32 Å². The summed E-state index contributed by atoms with van der Waals surface area (Å²) in [6.07, 6.45) is 5.35. The first-order valence-corrected chi connectivity index (χ1v) is 8.56. The van der Waals surface area contributed by atoms with E-state index in [1.165, 1.54) is 6.07 Å². The quantitative estimate of drug-likeness (QED) is 0.401. The van der Waals surface area contributed by atoms with Crippen LogP contribution in [-0.4, -0.2) is 24.4 Å². The van der Waals surface area contributed by atoms with Crippen molar-refractivity contribution in [1.29, 1.82) is 0 Å². The van der Waals surface area contributed by atoms with Crippen molar-refractivity contribution in [3.05, 3.63) is 70.9 Å². The van der Waals surface area contributed by atoms with Gasteiger partial charge in [0.25, 0.3) is 0 Å². The molecule has 8 heteroatoms. The molecule has 0 radical (unpaired) electrons. The number of benzene rings is 1. The van der Waals surface area contributed by atoms with Gasteiger partial charge in [-0.1, -0.05) is 13.8 Å². The number of nitrogens with one attached hydrogen (secondary N) is 2. The minimum atomic E-state index is -0.439. The highest BCUT2D eigenvalue weighted by Gasteiger charge is 2.19. The zero-order chi connectivity index (χ0) is 19.0. The number of fused-ring (bicyclic) bond motifs is 1. The third kappa shape index (κ3) is 3.12. The zero-order valence-corrected chi connectivity index (χ0v) is 14.9. The Morgan fingerprint density at radius 2 is 2.07 bits per heavy atom. The summed E-state index contributed by atoms with van der Waals surface area (Å²) in [4.78, 5) is 23.0. The van der Waals surface area contributed by atoms with Gasteiger partial charge in [-0.25, -0.2) is 9.97 Å². The third-order valence-electron chi connectivity index (χ3n) is 4.30. The molecule has 8 nitrogen and oxygen atoms in total. The first kappa shape index (κ1) is 16.8. The summed E-state index contributed by atoms with van der Waals surface area (Å²) < 4.78 is 1.84. The van der Waals surface area contributed by atoms with E-state index < -0.39 is 4.92 Å². The highest BCUT2D eigenvalue weighted by atomic mass is 16.6. The molecule has 3 heterocycles. The van der Waals surface area contributed by atoms with Gasteiger partial charge in [-0.2, -0.15) is 0 Å². The molecule has 0 bridgehead atoms. The van der Waals surface area contributed by atoms with Crippen molar-refractivity contribution in [1.82, 2.24) is 19.5 Å². The summed E-state index contributed by atoms with van der Waals surface area (Å²) in [5, 5.41) is 15.6. The number of imidazole rings is 1. The van der Waals surface area contributed by atoms with Crippen molar-refractivity contribution >= 4 is 28.1 Å². The number of nitrogens with zero attached hydrogens (tertiary/aromatic N) is 4. The van der Waals surface area contributed by atoms with E-state index in [1.807, 2.05) is 48.9 Å². The molecule has 4 rings (SSSR count). The van der Waals surface area contributed by atoms with Gasteiger partial charge in [-0.15, -0.1) is 0 Å². The Bertz CT molecular complexity index is 1130. The van der Waals surface area contributed by atoms with Crippen LogP contribution in [0.15, 0.2) is 55.0 Å². The molecular weight excluding hydrogens is 344 g/mol. The van der Waals surface area contributed by atoms with Gasteiger partial charge in [0.1, 0.15) is 11.6 Å². The fourth-order valence-electron chi connectivity index (χ4n) is 3.02. The molecule has 3 aromatic heterocycles. The van der Waals surface area contributed by atoms with Crippen LogP contribution in [0.4, 0.5) is 17.2 Å². The second kappa shape index (κ2) is 6.56. The normalized spacial score (nSPS) is 11.2. The number of aromatic amines is 1. The van der Waals surface area contributed by atoms with Gasteiger partial charge in [-0.05, 0) is 30.3 Å². The summed E-state index contributed by atoms with van der Waals surface area (Å²) in [5.74, 6) is 1.81. The Kier molecular flexibility index (Phi) is 4.08. The molecule has 0 atom stereocenters. The maximum atomic E-state index is 11.5. The first-order chi connectivity index (χ1) is 13.0. The predicted octanol–water partition coefficient (Wildman–Crippen LogP) is 4.52. The number of pyridine rings is 1. The third-order valence-corrected chi connectivity index (χ3v) is 4.30. The van der Waals surface area contributed by atoms with E-state index in [2.05, 4.69) is 20.3 Å². The molecule has 0 fully saturated rings. The van der Waals surface area contributed by atoms with Crippen LogP contribution in [0.5, 0.6) is 0 Å². The lowest BCUT2D eigenvalue weighted by Crippen LogP contribution is -2.07. The highest BCUT2D eigenvalue weighted by Crippen LogP contribution is 2.29. The zero-order valence-electron chi connectivity index (χ0n) is 14.9. The number of rotatable bonds is 5. The summed E-state index contributed by atoms with van der Waals surface area (Å²) in [6.45, 7) is 4.07. The molecule has 0 saturated carbocycles. The molecule has 2 N–H and O–H groups in total. The Morgan fingerprint density at radius 1 is 1.22 bits per heavy atom. The smallest absolute Gasteiger partial charge is 0.311 e. The Morgan fingerprint density at radius 3 is 2.85 bits per heavy atom. The lowest BCUT2D eigenvalue weighted by Gasteiger charge is -2.12. The monoisotopic (exact) mass is 362 g/mol. The second-order valence-corrected chi connectivity index (χ2v) is 6.51.